The van der Waals surface area contributed by atoms with E-state index in [0.717, 1.165) is 5.92 Å². The van der Waals surface area contributed by atoms with Gasteiger partial charge in [-0.2, -0.15) is 0 Å². The number of likely N-dealkylation sites (tertiary alicyclic amines) is 1. The van der Waals surface area contributed by atoms with E-state index in [9.17, 15) is 0 Å². The van der Waals surface area contributed by atoms with Gasteiger partial charge in [0.25, 0.3) is 0 Å². The summed E-state index contributed by atoms with van der Waals surface area (Å²) in [7, 11) is 0. The molecule has 0 spiro atoms. The first kappa shape index (κ1) is 17.0. The Labute approximate surface area is 121 Å². The molecular weight excluding hydrogens is 232 g/mol. The minimum atomic E-state index is 0.500. The average molecular weight is 268 g/mol. The number of unbranched alkanes of at least 4 members (excludes halogenated alkanes) is 1. The summed E-state index contributed by atoms with van der Waals surface area (Å²) in [6, 6.07) is 0. The summed E-state index contributed by atoms with van der Waals surface area (Å²) >= 11 is 0. The zero-order chi connectivity index (χ0) is 14.1. The van der Waals surface area contributed by atoms with Gasteiger partial charge < -0.3 is 10.2 Å². The highest BCUT2D eigenvalue weighted by Gasteiger charge is 2.26. The maximum absolute atomic E-state index is 3.49. The Morgan fingerprint density at radius 3 is 2.53 bits per heavy atom. The topological polar surface area (TPSA) is 15.3 Å². The van der Waals surface area contributed by atoms with Gasteiger partial charge in [-0.3, -0.25) is 0 Å². The molecule has 0 radical (unpaired) electrons. The van der Waals surface area contributed by atoms with Gasteiger partial charge in [-0.15, -0.1) is 0 Å². The van der Waals surface area contributed by atoms with Crippen molar-refractivity contribution in [3.05, 3.63) is 0 Å². The predicted octanol–water partition coefficient (Wildman–Crippen LogP) is 3.91. The molecule has 0 aromatic heterocycles. The Kier molecular flexibility index (Phi) is 8.01. The van der Waals surface area contributed by atoms with Crippen LogP contribution < -0.4 is 5.32 Å². The van der Waals surface area contributed by atoms with Crippen molar-refractivity contribution in [2.75, 3.05) is 32.7 Å². The second-order valence-electron chi connectivity index (χ2n) is 7.29. The van der Waals surface area contributed by atoms with Crippen molar-refractivity contribution in [1.82, 2.24) is 10.2 Å². The summed E-state index contributed by atoms with van der Waals surface area (Å²) < 4.78 is 0. The molecule has 1 heterocycles. The molecule has 1 atom stereocenters. The van der Waals surface area contributed by atoms with E-state index in [2.05, 4.69) is 37.9 Å². The van der Waals surface area contributed by atoms with E-state index >= 15 is 0 Å². The molecule has 1 aliphatic rings. The molecule has 0 aromatic carbocycles. The highest BCUT2D eigenvalue weighted by molar-refractivity contribution is 4.78. The highest BCUT2D eigenvalue weighted by Crippen LogP contribution is 2.34. The molecular formula is C17H36N2. The van der Waals surface area contributed by atoms with Gasteiger partial charge in [-0.05, 0) is 82.6 Å². The van der Waals surface area contributed by atoms with Crippen LogP contribution in [0.5, 0.6) is 0 Å². The molecule has 0 bridgehead atoms. The Hall–Kier alpha value is -0.0800. The second-order valence-corrected chi connectivity index (χ2v) is 7.29. The molecule has 2 nitrogen and oxygen atoms in total. The van der Waals surface area contributed by atoms with Crippen molar-refractivity contribution in [2.45, 2.75) is 66.2 Å². The van der Waals surface area contributed by atoms with Gasteiger partial charge in [0, 0.05) is 0 Å². The van der Waals surface area contributed by atoms with E-state index < -0.39 is 0 Å². The maximum Gasteiger partial charge on any atom is -0.00159 e. The van der Waals surface area contributed by atoms with Crippen molar-refractivity contribution in [1.29, 1.82) is 0 Å². The number of nitrogens with zero attached hydrogens (tertiary/aromatic N) is 1. The molecule has 1 rings (SSSR count). The number of nitrogens with one attached hydrogen (secondary N) is 1. The van der Waals surface area contributed by atoms with Gasteiger partial charge in [0.15, 0.2) is 0 Å². The standard InChI is InChI=1S/C17H36N2/c1-5-11-18-12-6-7-13-19-14-8-9-16(10-15-19)17(2,3)4/h16,18H,5-15H2,1-4H3. The predicted molar refractivity (Wildman–Crippen MR) is 85.6 cm³/mol. The Balaban J connectivity index is 2.12. The summed E-state index contributed by atoms with van der Waals surface area (Å²) in [5.74, 6) is 0.920. The van der Waals surface area contributed by atoms with Crippen LogP contribution in [0.15, 0.2) is 0 Å². The number of hydrogen-bond acceptors (Lipinski definition) is 2. The minimum absolute atomic E-state index is 0.500. The van der Waals surface area contributed by atoms with Crippen LogP contribution in [0.2, 0.25) is 0 Å². The van der Waals surface area contributed by atoms with Gasteiger partial charge in [-0.25, -0.2) is 0 Å². The maximum atomic E-state index is 3.49. The molecule has 1 unspecified atom stereocenters. The second kappa shape index (κ2) is 8.97. The monoisotopic (exact) mass is 268 g/mol. The van der Waals surface area contributed by atoms with Crippen LogP contribution in [0, 0.1) is 11.3 Å². The SMILES string of the molecule is CCCNCCCCN1CCCC(C(C)(C)C)CC1. The average Bonchev–Trinajstić information content (AvgIpc) is 2.58. The van der Waals surface area contributed by atoms with Crippen molar-refractivity contribution in [3.63, 3.8) is 0 Å². The van der Waals surface area contributed by atoms with Crippen molar-refractivity contribution >= 4 is 0 Å². The first-order chi connectivity index (χ1) is 9.04. The van der Waals surface area contributed by atoms with E-state index in [-0.39, 0.29) is 0 Å². The lowest BCUT2D eigenvalue weighted by molar-refractivity contribution is 0.207. The molecule has 0 aromatic rings. The Bertz CT molecular complexity index is 220. The molecule has 1 fully saturated rings. The van der Waals surface area contributed by atoms with Crippen molar-refractivity contribution in [2.24, 2.45) is 11.3 Å². The van der Waals surface area contributed by atoms with Crippen LogP contribution >= 0.6 is 0 Å². The summed E-state index contributed by atoms with van der Waals surface area (Å²) in [5, 5.41) is 3.49. The molecule has 1 saturated heterocycles. The Morgan fingerprint density at radius 1 is 1.05 bits per heavy atom. The smallest absolute Gasteiger partial charge is 0.00159 e. The van der Waals surface area contributed by atoms with E-state index in [1.165, 1.54) is 71.2 Å². The third-order valence-corrected chi connectivity index (χ3v) is 4.55. The Morgan fingerprint density at radius 2 is 1.84 bits per heavy atom. The molecule has 1 aliphatic heterocycles. The van der Waals surface area contributed by atoms with Crippen molar-refractivity contribution < 1.29 is 0 Å². The van der Waals surface area contributed by atoms with Crippen molar-refractivity contribution in [3.8, 4) is 0 Å². The largest absolute Gasteiger partial charge is 0.317 e. The third-order valence-electron chi connectivity index (χ3n) is 4.55. The summed E-state index contributed by atoms with van der Waals surface area (Å²) in [5.41, 5.74) is 0.500. The van der Waals surface area contributed by atoms with Gasteiger partial charge in [0.05, 0.1) is 0 Å². The lowest BCUT2D eigenvalue weighted by atomic mass is 9.77. The van der Waals surface area contributed by atoms with Gasteiger partial charge in [0.1, 0.15) is 0 Å². The van der Waals surface area contributed by atoms with Crippen LogP contribution in [-0.2, 0) is 0 Å². The fourth-order valence-electron chi connectivity index (χ4n) is 3.13. The fraction of sp³-hybridized carbons (Fsp3) is 1.00. The van der Waals surface area contributed by atoms with Crippen LogP contribution in [-0.4, -0.2) is 37.6 Å². The highest BCUT2D eigenvalue weighted by atomic mass is 15.1. The van der Waals surface area contributed by atoms with Gasteiger partial charge >= 0.3 is 0 Å². The van der Waals surface area contributed by atoms with Crippen LogP contribution in [0.25, 0.3) is 0 Å². The zero-order valence-corrected chi connectivity index (χ0v) is 13.8. The first-order valence-electron chi connectivity index (χ1n) is 8.47. The molecule has 19 heavy (non-hydrogen) atoms. The quantitative estimate of drug-likeness (QED) is 0.704. The van der Waals surface area contributed by atoms with Crippen LogP contribution in [0.4, 0.5) is 0 Å². The van der Waals surface area contributed by atoms with Crippen LogP contribution in [0.3, 0.4) is 0 Å². The van der Waals surface area contributed by atoms with Crippen LogP contribution in [0.1, 0.15) is 66.2 Å². The lowest BCUT2D eigenvalue weighted by Crippen LogP contribution is -2.28. The summed E-state index contributed by atoms with van der Waals surface area (Å²) in [6.45, 7) is 15.8. The van der Waals surface area contributed by atoms with Gasteiger partial charge in [0.2, 0.25) is 0 Å². The van der Waals surface area contributed by atoms with E-state index in [0.29, 0.717) is 5.41 Å². The lowest BCUT2D eigenvalue weighted by Gasteiger charge is -2.29. The van der Waals surface area contributed by atoms with E-state index in [1.807, 2.05) is 0 Å². The molecule has 2 heteroatoms. The fourth-order valence-corrected chi connectivity index (χ4v) is 3.13. The molecule has 1 N–H and O–H groups in total. The third kappa shape index (κ3) is 7.31. The first-order valence-corrected chi connectivity index (χ1v) is 8.47. The zero-order valence-electron chi connectivity index (χ0n) is 13.8. The molecule has 114 valence electrons. The minimum Gasteiger partial charge on any atom is -0.317 e. The molecule has 0 saturated carbocycles. The normalized spacial score (nSPS) is 22.4. The summed E-state index contributed by atoms with van der Waals surface area (Å²) in [4.78, 5) is 2.70. The number of rotatable bonds is 7. The number of hydrogen-bond donors (Lipinski definition) is 1. The molecule has 0 amide bonds. The van der Waals surface area contributed by atoms with Gasteiger partial charge in [-0.1, -0.05) is 27.7 Å². The molecule has 0 aliphatic carbocycles. The van der Waals surface area contributed by atoms with E-state index in [4.69, 9.17) is 0 Å². The van der Waals surface area contributed by atoms with E-state index in [1.54, 1.807) is 0 Å². The summed E-state index contributed by atoms with van der Waals surface area (Å²) in [6.07, 6.45) is 8.17.